The minimum Gasteiger partial charge on any atom is -0.496 e. The van der Waals surface area contributed by atoms with Gasteiger partial charge < -0.3 is 10.1 Å². The van der Waals surface area contributed by atoms with Crippen molar-refractivity contribution >= 4 is 5.91 Å². The predicted molar refractivity (Wildman–Crippen MR) is 80.3 cm³/mol. The Morgan fingerprint density at radius 1 is 1.38 bits per heavy atom. The van der Waals surface area contributed by atoms with Gasteiger partial charge in [0, 0.05) is 18.2 Å². The maximum absolute atomic E-state index is 13.3. The third kappa shape index (κ3) is 4.59. The normalized spacial score (nSPS) is 22.2. The fourth-order valence-electron chi connectivity index (χ4n) is 3.01. The number of nitrogens with one attached hydrogen (secondary N) is 1. The van der Waals surface area contributed by atoms with E-state index in [1.807, 2.05) is 0 Å². The molecular weight excluding hydrogens is 328 g/mol. The lowest BCUT2D eigenvalue weighted by molar-refractivity contribution is -0.188. The molecule has 1 aromatic rings. The van der Waals surface area contributed by atoms with Gasteiger partial charge in [0.1, 0.15) is 17.6 Å². The molecule has 1 aromatic carbocycles. The Morgan fingerprint density at radius 3 is 2.67 bits per heavy atom. The number of alkyl halides is 3. The van der Waals surface area contributed by atoms with E-state index in [1.54, 1.807) is 0 Å². The molecule has 1 N–H and O–H groups in total. The van der Waals surface area contributed by atoms with Crippen LogP contribution in [0.5, 0.6) is 5.75 Å². The van der Waals surface area contributed by atoms with Crippen molar-refractivity contribution in [3.63, 3.8) is 0 Å². The highest BCUT2D eigenvalue weighted by molar-refractivity contribution is 5.79. The van der Waals surface area contributed by atoms with Crippen LogP contribution in [0, 0.1) is 5.82 Å². The van der Waals surface area contributed by atoms with Crippen LogP contribution in [0.4, 0.5) is 17.6 Å². The molecule has 0 aliphatic carbocycles. The summed E-state index contributed by atoms with van der Waals surface area (Å²) in [6.45, 7) is 0.121. The number of likely N-dealkylation sites (tertiary alicyclic amines) is 1. The van der Waals surface area contributed by atoms with Gasteiger partial charge in [-0.05, 0) is 38.1 Å². The number of halogens is 4. The SMILES string of the molecule is COc1ccc(F)cc1CC(=O)N[C@H]1CC[C@@H](C(F)(F)F)N(C)C1. The van der Waals surface area contributed by atoms with E-state index in [4.69, 9.17) is 4.74 Å². The first-order valence-electron chi connectivity index (χ1n) is 7.59. The van der Waals surface area contributed by atoms with Crippen LogP contribution in [0.15, 0.2) is 18.2 Å². The van der Waals surface area contributed by atoms with Crippen LogP contribution in [-0.4, -0.2) is 49.8 Å². The summed E-state index contributed by atoms with van der Waals surface area (Å²) >= 11 is 0. The highest BCUT2D eigenvalue weighted by Crippen LogP contribution is 2.31. The fraction of sp³-hybridized carbons (Fsp3) is 0.562. The lowest BCUT2D eigenvalue weighted by atomic mass is 9.98. The number of piperidine rings is 1. The Bertz CT molecular complexity index is 592. The number of hydrogen-bond donors (Lipinski definition) is 1. The molecule has 0 unspecified atom stereocenters. The third-order valence-electron chi connectivity index (χ3n) is 4.17. The summed E-state index contributed by atoms with van der Waals surface area (Å²) in [6, 6.07) is 2.04. The lowest BCUT2D eigenvalue weighted by Crippen LogP contribution is -2.54. The zero-order valence-corrected chi connectivity index (χ0v) is 13.5. The predicted octanol–water partition coefficient (Wildman–Crippen LogP) is 2.52. The van der Waals surface area contributed by atoms with Gasteiger partial charge in [0.2, 0.25) is 5.91 Å². The number of amides is 1. The van der Waals surface area contributed by atoms with E-state index in [1.165, 1.54) is 37.3 Å². The van der Waals surface area contributed by atoms with E-state index < -0.39 is 18.0 Å². The summed E-state index contributed by atoms with van der Waals surface area (Å²) in [4.78, 5) is 13.3. The summed E-state index contributed by atoms with van der Waals surface area (Å²) in [7, 11) is 2.81. The Hall–Kier alpha value is -1.83. The van der Waals surface area contributed by atoms with Crippen LogP contribution in [0.1, 0.15) is 18.4 Å². The molecule has 2 atom stereocenters. The number of carbonyl (C=O) groups is 1. The third-order valence-corrected chi connectivity index (χ3v) is 4.17. The molecule has 0 radical (unpaired) electrons. The number of methoxy groups -OCH3 is 1. The number of nitrogens with zero attached hydrogens (tertiary/aromatic N) is 1. The first kappa shape index (κ1) is 18.5. The van der Waals surface area contributed by atoms with Gasteiger partial charge in [0.25, 0.3) is 0 Å². The number of benzene rings is 1. The topological polar surface area (TPSA) is 41.6 Å². The van der Waals surface area contributed by atoms with Crippen LogP contribution < -0.4 is 10.1 Å². The highest BCUT2D eigenvalue weighted by Gasteiger charge is 2.44. The van der Waals surface area contributed by atoms with Gasteiger partial charge >= 0.3 is 6.18 Å². The Labute approximate surface area is 137 Å². The van der Waals surface area contributed by atoms with Crippen molar-refractivity contribution < 1.29 is 27.1 Å². The summed E-state index contributed by atoms with van der Waals surface area (Å²) in [5.41, 5.74) is 0.396. The monoisotopic (exact) mass is 348 g/mol. The van der Waals surface area contributed by atoms with Crippen LogP contribution in [0.25, 0.3) is 0 Å². The summed E-state index contributed by atoms with van der Waals surface area (Å²) in [5, 5.41) is 2.71. The van der Waals surface area contributed by atoms with Crippen LogP contribution in [0.3, 0.4) is 0 Å². The van der Waals surface area contributed by atoms with Gasteiger partial charge in [-0.15, -0.1) is 0 Å². The minimum absolute atomic E-state index is 0.0613. The number of hydrogen-bond acceptors (Lipinski definition) is 3. The van der Waals surface area contributed by atoms with Crippen molar-refractivity contribution in [3.8, 4) is 5.75 Å². The van der Waals surface area contributed by atoms with Crippen LogP contribution >= 0.6 is 0 Å². The molecular formula is C16H20F4N2O2. The summed E-state index contributed by atoms with van der Waals surface area (Å²) in [5.74, 6) is -0.462. The van der Waals surface area contributed by atoms with Gasteiger partial charge in [0.05, 0.1) is 13.5 Å². The Balaban J connectivity index is 1.93. The van der Waals surface area contributed by atoms with E-state index in [0.29, 0.717) is 11.3 Å². The first-order chi connectivity index (χ1) is 11.2. The van der Waals surface area contributed by atoms with Gasteiger partial charge in [0.15, 0.2) is 0 Å². The number of ether oxygens (including phenoxy) is 1. The summed E-state index contributed by atoms with van der Waals surface area (Å²) in [6.07, 6.45) is -4.17. The van der Waals surface area contributed by atoms with Gasteiger partial charge in [-0.1, -0.05) is 0 Å². The fourth-order valence-corrected chi connectivity index (χ4v) is 3.01. The molecule has 0 bridgehead atoms. The van der Waals surface area contributed by atoms with E-state index in [2.05, 4.69) is 5.32 Å². The quantitative estimate of drug-likeness (QED) is 0.851. The average molecular weight is 348 g/mol. The summed E-state index contributed by atoms with van der Waals surface area (Å²) < 4.78 is 56.8. The number of rotatable bonds is 4. The molecule has 1 fully saturated rings. The van der Waals surface area contributed by atoms with E-state index >= 15 is 0 Å². The van der Waals surface area contributed by atoms with Crippen molar-refractivity contribution in [1.82, 2.24) is 10.2 Å². The van der Waals surface area contributed by atoms with Crippen molar-refractivity contribution in [3.05, 3.63) is 29.6 Å². The molecule has 0 saturated carbocycles. The van der Waals surface area contributed by atoms with Crippen LogP contribution in [0.2, 0.25) is 0 Å². The highest BCUT2D eigenvalue weighted by atomic mass is 19.4. The largest absolute Gasteiger partial charge is 0.496 e. The van der Waals surface area contributed by atoms with Crippen LogP contribution in [-0.2, 0) is 11.2 Å². The number of likely N-dealkylation sites (N-methyl/N-ethyl adjacent to an activating group) is 1. The van der Waals surface area contributed by atoms with E-state index in [0.717, 1.165) is 0 Å². The molecule has 1 heterocycles. The van der Waals surface area contributed by atoms with Gasteiger partial charge in [-0.25, -0.2) is 4.39 Å². The average Bonchev–Trinajstić information content (AvgIpc) is 2.46. The molecule has 2 rings (SSSR count). The standard InChI is InChI=1S/C16H20F4N2O2/c1-22-9-12(4-6-14(22)16(18,19)20)21-15(23)8-10-7-11(17)3-5-13(10)24-2/h3,5,7,12,14H,4,6,8-9H2,1-2H3,(H,21,23)/t12-,14-/m0/s1. The molecule has 134 valence electrons. The first-order valence-corrected chi connectivity index (χ1v) is 7.59. The molecule has 24 heavy (non-hydrogen) atoms. The molecule has 1 saturated heterocycles. The maximum Gasteiger partial charge on any atom is 0.404 e. The molecule has 1 aliphatic rings. The second-order valence-electron chi connectivity index (χ2n) is 5.97. The van der Waals surface area contributed by atoms with E-state index in [9.17, 15) is 22.4 Å². The molecule has 1 amide bonds. The second-order valence-corrected chi connectivity index (χ2v) is 5.97. The molecule has 0 aromatic heterocycles. The second kappa shape index (κ2) is 7.38. The molecule has 4 nitrogen and oxygen atoms in total. The van der Waals surface area contributed by atoms with Gasteiger partial charge in [-0.3, -0.25) is 9.69 Å². The lowest BCUT2D eigenvalue weighted by Gasteiger charge is -2.38. The maximum atomic E-state index is 13.3. The molecule has 1 aliphatic heterocycles. The number of carbonyl (C=O) groups excluding carboxylic acids is 1. The molecule has 8 heteroatoms. The Kier molecular flexibility index (Phi) is 5.69. The van der Waals surface area contributed by atoms with Gasteiger partial charge in [-0.2, -0.15) is 13.2 Å². The van der Waals surface area contributed by atoms with Crippen molar-refractivity contribution in [1.29, 1.82) is 0 Å². The molecule has 0 spiro atoms. The smallest absolute Gasteiger partial charge is 0.404 e. The minimum atomic E-state index is -4.27. The van der Waals surface area contributed by atoms with Crippen molar-refractivity contribution in [2.24, 2.45) is 0 Å². The van der Waals surface area contributed by atoms with Crippen molar-refractivity contribution in [2.45, 2.75) is 37.5 Å². The Morgan fingerprint density at radius 2 is 2.08 bits per heavy atom. The van der Waals surface area contributed by atoms with E-state index in [-0.39, 0.29) is 37.8 Å². The zero-order chi connectivity index (χ0) is 17.9. The zero-order valence-electron chi connectivity index (χ0n) is 13.5. The van der Waals surface area contributed by atoms with Crippen molar-refractivity contribution in [2.75, 3.05) is 20.7 Å².